The lowest BCUT2D eigenvalue weighted by atomic mass is 9.66. The molecule has 0 fully saturated rings. The molecule has 1 aliphatic carbocycles. The van der Waals surface area contributed by atoms with Crippen molar-refractivity contribution in [3.63, 3.8) is 0 Å². The third kappa shape index (κ3) is 3.27. The first-order valence-electron chi connectivity index (χ1n) is 10.2. The van der Waals surface area contributed by atoms with Gasteiger partial charge in [0.2, 0.25) is 6.79 Å². The van der Waals surface area contributed by atoms with Crippen LogP contribution in [0.1, 0.15) is 30.0 Å². The Morgan fingerprint density at radius 1 is 1.06 bits per heavy atom. The topological polar surface area (TPSA) is 121 Å². The molecular formula is C24H24O9. The van der Waals surface area contributed by atoms with Crippen LogP contribution in [0.5, 0.6) is 23.0 Å². The van der Waals surface area contributed by atoms with Gasteiger partial charge in [0.05, 0.1) is 26.9 Å². The molecule has 0 amide bonds. The molecular weight excluding hydrogens is 432 g/mol. The lowest BCUT2D eigenvalue weighted by Crippen LogP contribution is -2.47. The quantitative estimate of drug-likeness (QED) is 0.632. The van der Waals surface area contributed by atoms with E-state index >= 15 is 0 Å². The number of carbonyl (C=O) groups excluding carboxylic acids is 2. The smallest absolute Gasteiger partial charge is 0.317 e. The van der Waals surface area contributed by atoms with Crippen molar-refractivity contribution in [2.75, 3.05) is 28.1 Å². The standard InChI is InChI=1S/C24H24O9/c1-5-15(25)20-21(23(27)31-4)24(28,12-6-7-16(29-2)17(8-12)30-3)14-10-19-18(32-11-33-19)9-13(14)22(20)26/h6-10,21,26,28H,5,11H2,1-4H3. The molecule has 9 nitrogen and oxygen atoms in total. The van der Waals surface area contributed by atoms with Gasteiger partial charge in [-0.2, -0.15) is 0 Å². The number of Topliss-reactive ketones (excluding diaryl/α,β-unsaturated/α-hetero) is 1. The van der Waals surface area contributed by atoms with Crippen molar-refractivity contribution >= 4 is 17.5 Å². The number of ether oxygens (including phenoxy) is 5. The van der Waals surface area contributed by atoms with E-state index in [2.05, 4.69) is 0 Å². The second kappa shape index (κ2) is 8.32. The number of hydrogen-bond acceptors (Lipinski definition) is 9. The molecule has 0 saturated heterocycles. The molecule has 0 radical (unpaired) electrons. The number of methoxy groups -OCH3 is 3. The fourth-order valence-electron chi connectivity index (χ4n) is 4.38. The van der Waals surface area contributed by atoms with E-state index in [4.69, 9.17) is 23.7 Å². The van der Waals surface area contributed by atoms with Gasteiger partial charge in [-0.3, -0.25) is 9.59 Å². The maximum absolute atomic E-state index is 13.1. The summed E-state index contributed by atoms with van der Waals surface area (Å²) in [7, 11) is 4.06. The van der Waals surface area contributed by atoms with E-state index in [0.717, 1.165) is 7.11 Å². The summed E-state index contributed by atoms with van der Waals surface area (Å²) < 4.78 is 26.6. The van der Waals surface area contributed by atoms with Crippen LogP contribution in [-0.4, -0.2) is 50.1 Å². The van der Waals surface area contributed by atoms with Crippen molar-refractivity contribution in [3.05, 3.63) is 52.6 Å². The summed E-state index contributed by atoms with van der Waals surface area (Å²) in [5, 5.41) is 23.4. The Hall–Kier alpha value is -3.72. The molecule has 1 heterocycles. The van der Waals surface area contributed by atoms with Crippen molar-refractivity contribution in [1.29, 1.82) is 0 Å². The minimum Gasteiger partial charge on any atom is -0.507 e. The second-order valence-corrected chi connectivity index (χ2v) is 7.58. The minimum atomic E-state index is -2.12. The summed E-state index contributed by atoms with van der Waals surface area (Å²) >= 11 is 0. The average Bonchev–Trinajstić information content (AvgIpc) is 3.31. The Morgan fingerprint density at radius 2 is 1.73 bits per heavy atom. The van der Waals surface area contributed by atoms with Crippen LogP contribution in [0.3, 0.4) is 0 Å². The van der Waals surface area contributed by atoms with E-state index in [1.807, 2.05) is 0 Å². The van der Waals surface area contributed by atoms with Crippen LogP contribution < -0.4 is 18.9 Å². The number of aliphatic hydroxyl groups excluding tert-OH is 1. The van der Waals surface area contributed by atoms with Crippen LogP contribution in [0.4, 0.5) is 0 Å². The fourth-order valence-corrected chi connectivity index (χ4v) is 4.38. The first-order chi connectivity index (χ1) is 15.8. The highest BCUT2D eigenvalue weighted by Gasteiger charge is 2.55. The molecule has 2 aromatic rings. The van der Waals surface area contributed by atoms with Gasteiger partial charge >= 0.3 is 5.97 Å². The fraction of sp³-hybridized carbons (Fsp3) is 0.333. The van der Waals surface area contributed by atoms with E-state index in [1.54, 1.807) is 19.1 Å². The van der Waals surface area contributed by atoms with Gasteiger partial charge in [0, 0.05) is 17.5 Å². The van der Waals surface area contributed by atoms with Crippen LogP contribution in [0.25, 0.3) is 5.76 Å². The SMILES string of the molecule is CCC(=O)C1=C(O)c2cc3c(cc2C(O)(c2ccc(OC)c(OC)c2)C1C(=O)OC)OCO3. The van der Waals surface area contributed by atoms with Gasteiger partial charge in [-0.05, 0) is 29.8 Å². The summed E-state index contributed by atoms with van der Waals surface area (Å²) in [5.74, 6) is -1.99. The Labute approximate surface area is 190 Å². The molecule has 9 heteroatoms. The van der Waals surface area contributed by atoms with E-state index in [9.17, 15) is 19.8 Å². The number of benzene rings is 2. The number of fused-ring (bicyclic) bond motifs is 2. The van der Waals surface area contributed by atoms with Crippen LogP contribution in [0, 0.1) is 5.92 Å². The number of esters is 1. The Kier molecular flexibility index (Phi) is 5.67. The van der Waals surface area contributed by atoms with Gasteiger partial charge in [0.25, 0.3) is 0 Å². The maximum atomic E-state index is 13.1. The Morgan fingerprint density at radius 3 is 2.33 bits per heavy atom. The molecule has 0 saturated carbocycles. The molecule has 0 bridgehead atoms. The lowest BCUT2D eigenvalue weighted by Gasteiger charge is -2.41. The molecule has 4 rings (SSSR count). The second-order valence-electron chi connectivity index (χ2n) is 7.58. The van der Waals surface area contributed by atoms with Crippen molar-refractivity contribution in [2.24, 2.45) is 5.92 Å². The minimum absolute atomic E-state index is 0.00517. The highest BCUT2D eigenvalue weighted by Crippen LogP contribution is 2.53. The van der Waals surface area contributed by atoms with Gasteiger partial charge in [-0.1, -0.05) is 13.0 Å². The first kappa shape index (κ1) is 22.5. The van der Waals surface area contributed by atoms with Gasteiger partial charge < -0.3 is 33.9 Å². The summed E-state index contributed by atoms with van der Waals surface area (Å²) in [6.07, 6.45) is -0.00517. The van der Waals surface area contributed by atoms with Crippen molar-refractivity contribution < 1.29 is 43.5 Å². The molecule has 2 aliphatic rings. The molecule has 2 N–H and O–H groups in total. The van der Waals surface area contributed by atoms with E-state index < -0.39 is 29.0 Å². The first-order valence-corrected chi connectivity index (χ1v) is 10.2. The van der Waals surface area contributed by atoms with Crippen LogP contribution in [0.15, 0.2) is 35.9 Å². The number of ketones is 1. The normalized spacial score (nSPS) is 20.8. The molecule has 33 heavy (non-hydrogen) atoms. The molecule has 174 valence electrons. The molecule has 2 atom stereocenters. The van der Waals surface area contributed by atoms with E-state index in [0.29, 0.717) is 23.0 Å². The van der Waals surface area contributed by atoms with Crippen LogP contribution in [-0.2, 0) is 19.9 Å². The predicted octanol–water partition coefficient (Wildman–Crippen LogP) is 2.72. The van der Waals surface area contributed by atoms with Gasteiger partial charge in [0.15, 0.2) is 28.8 Å². The number of aliphatic hydroxyl groups is 2. The number of hydrogen-bond donors (Lipinski definition) is 2. The molecule has 2 aromatic carbocycles. The highest BCUT2D eigenvalue weighted by atomic mass is 16.7. The number of carbonyl (C=O) groups is 2. The van der Waals surface area contributed by atoms with Gasteiger partial charge in [0.1, 0.15) is 17.3 Å². The third-order valence-electron chi connectivity index (χ3n) is 6.02. The number of rotatable bonds is 6. The molecule has 0 aromatic heterocycles. The summed E-state index contributed by atoms with van der Waals surface area (Å²) in [6.45, 7) is 1.56. The summed E-state index contributed by atoms with van der Waals surface area (Å²) in [5.41, 5.74) is -1.83. The third-order valence-corrected chi connectivity index (χ3v) is 6.02. The Bertz CT molecular complexity index is 1170. The highest BCUT2D eigenvalue weighted by molar-refractivity contribution is 6.08. The zero-order valence-corrected chi connectivity index (χ0v) is 18.6. The van der Waals surface area contributed by atoms with Crippen LogP contribution >= 0.6 is 0 Å². The monoisotopic (exact) mass is 456 g/mol. The predicted molar refractivity (Wildman–Crippen MR) is 115 cm³/mol. The Balaban J connectivity index is 2.10. The summed E-state index contributed by atoms with van der Waals surface area (Å²) in [6, 6.07) is 7.62. The van der Waals surface area contributed by atoms with E-state index in [-0.39, 0.29) is 35.5 Å². The molecule has 1 aliphatic heterocycles. The van der Waals surface area contributed by atoms with Gasteiger partial charge in [-0.15, -0.1) is 0 Å². The molecule has 2 unspecified atom stereocenters. The molecule has 0 spiro atoms. The zero-order chi connectivity index (χ0) is 23.9. The van der Waals surface area contributed by atoms with Crippen molar-refractivity contribution in [2.45, 2.75) is 18.9 Å². The van der Waals surface area contributed by atoms with Crippen molar-refractivity contribution in [3.8, 4) is 23.0 Å². The lowest BCUT2D eigenvalue weighted by molar-refractivity contribution is -0.152. The average molecular weight is 456 g/mol. The largest absolute Gasteiger partial charge is 0.507 e. The zero-order valence-electron chi connectivity index (χ0n) is 18.6. The summed E-state index contributed by atoms with van der Waals surface area (Å²) in [4.78, 5) is 26.0. The maximum Gasteiger partial charge on any atom is 0.317 e. The van der Waals surface area contributed by atoms with E-state index in [1.165, 1.54) is 32.4 Å². The van der Waals surface area contributed by atoms with Gasteiger partial charge in [-0.25, -0.2) is 0 Å². The van der Waals surface area contributed by atoms with Crippen LogP contribution in [0.2, 0.25) is 0 Å². The van der Waals surface area contributed by atoms with Crippen molar-refractivity contribution in [1.82, 2.24) is 0 Å².